The molecular formula is C105H163N5O. The fraction of sp³-hybridized carbons (Fsp3) is 0.543. The number of nitrogens with zero attached hydrogens (tertiary/aromatic N) is 5. The highest BCUT2D eigenvalue weighted by molar-refractivity contribution is 5.73. The molecule has 0 spiro atoms. The lowest BCUT2D eigenvalue weighted by Gasteiger charge is -2.37. The van der Waals surface area contributed by atoms with Crippen molar-refractivity contribution >= 4 is 39.8 Å². The summed E-state index contributed by atoms with van der Waals surface area (Å²) < 4.78 is 52.8. The first-order chi connectivity index (χ1) is 53.9. The first-order valence-electron chi connectivity index (χ1n) is 45.1. The molecule has 614 valence electrons. The predicted octanol–water partition coefficient (Wildman–Crippen LogP) is 30.0. The van der Waals surface area contributed by atoms with Gasteiger partial charge in [-0.25, -0.2) is 0 Å². The van der Waals surface area contributed by atoms with Crippen LogP contribution in [0, 0.1) is 49.4 Å². The molecule has 111 heavy (non-hydrogen) atoms. The van der Waals surface area contributed by atoms with Gasteiger partial charge in [0.15, 0.2) is 0 Å². The van der Waals surface area contributed by atoms with E-state index in [0.717, 1.165) is 34.7 Å². The van der Waals surface area contributed by atoms with Crippen LogP contribution in [-0.2, 0) is 33.5 Å². The van der Waals surface area contributed by atoms with Gasteiger partial charge in [-0.3, -0.25) is 0 Å². The van der Waals surface area contributed by atoms with Gasteiger partial charge in [-0.1, -0.05) is 298 Å². The molecule has 8 rings (SSSR count). The normalized spacial score (nSPS) is 13.1. The van der Waals surface area contributed by atoms with Gasteiger partial charge in [-0.2, -0.15) is 0 Å². The van der Waals surface area contributed by atoms with Crippen molar-refractivity contribution in [3.63, 3.8) is 0 Å². The minimum absolute atomic E-state index is 0.0744. The van der Waals surface area contributed by atoms with Crippen LogP contribution in [-0.4, -0.2) is 57.3 Å². The fourth-order valence-corrected chi connectivity index (χ4v) is 13.3. The molecule has 0 aliphatic heterocycles. The van der Waals surface area contributed by atoms with E-state index in [-0.39, 0.29) is 45.3 Å². The summed E-state index contributed by atoms with van der Waals surface area (Å²) in [5.41, 5.74) is 19.1. The zero-order chi connectivity index (χ0) is 89.6. The maximum absolute atomic E-state index is 7.82. The number of aryl methyl sites for hydroxylation is 2. The third-order valence-electron chi connectivity index (χ3n) is 24.1. The van der Waals surface area contributed by atoms with Crippen molar-refractivity contribution in [2.24, 2.45) is 35.5 Å². The van der Waals surface area contributed by atoms with Crippen LogP contribution in [0.2, 0.25) is 0 Å². The summed E-state index contributed by atoms with van der Waals surface area (Å²) in [4.78, 5) is 10.4. The van der Waals surface area contributed by atoms with Gasteiger partial charge in [0.25, 0.3) is 0 Å². The van der Waals surface area contributed by atoms with Gasteiger partial charge in [-0.05, 0) is 253 Å². The summed E-state index contributed by atoms with van der Waals surface area (Å²) >= 11 is 0. The van der Waals surface area contributed by atoms with Crippen molar-refractivity contribution in [1.29, 1.82) is 0 Å². The minimum Gasteiger partial charge on any atom is -0.491 e. The molecule has 6 heteroatoms. The summed E-state index contributed by atoms with van der Waals surface area (Å²) in [6, 6.07) is 69.1. The molecule has 0 atom stereocenters. The molecule has 0 unspecified atom stereocenters. The van der Waals surface area contributed by atoms with Crippen molar-refractivity contribution in [1.82, 2.24) is 0 Å². The van der Waals surface area contributed by atoms with Gasteiger partial charge < -0.3 is 29.2 Å². The number of rotatable bonds is 26. The maximum atomic E-state index is 7.82. The van der Waals surface area contributed by atoms with E-state index in [1.54, 1.807) is 9.80 Å². The molecule has 8 aromatic rings. The lowest BCUT2D eigenvalue weighted by atomic mass is 9.74. The van der Waals surface area contributed by atoms with Gasteiger partial charge in [0.1, 0.15) is 5.75 Å². The third-order valence-corrected chi connectivity index (χ3v) is 24.1. The number of anilines is 7. The standard InChI is InChI=1S/2C21H29N.3C16H27N.C15H24O/c1-15(2)14-19-12-7-8-13-20(19)22(16(3)4)21-17(5)10-9-11-18(21)6;1-16(2)21(5,6)19-14-10-11-15-20(19)22(17(3)4)18-12-8-7-9-13-18;3*1-12(2)16(5,6)14-10-8-9-11-15(14)17(7)13(3)4;1-11(2)15(5,6)13-9-7-8-10-14(13)16-12(3)4/h7-13,15-16H,14H2,1-6H3;7-17H,1-6H3;3*8-13H,1-7H3;7-12H,1-6H3/i;;2*7D3;;. The zero-order valence-electron chi connectivity index (χ0n) is 83.3. The van der Waals surface area contributed by atoms with Crippen molar-refractivity contribution in [3.05, 3.63) is 239 Å². The van der Waals surface area contributed by atoms with Crippen LogP contribution in [0.1, 0.15) is 288 Å². The Morgan fingerprint density at radius 3 is 0.910 bits per heavy atom. The number of ether oxygens (including phenoxy) is 1. The fourth-order valence-electron chi connectivity index (χ4n) is 13.3. The smallest absolute Gasteiger partial charge is 0.123 e. The second kappa shape index (κ2) is 43.7. The first-order valence-corrected chi connectivity index (χ1v) is 42.1. The largest absolute Gasteiger partial charge is 0.491 e. The van der Waals surface area contributed by atoms with E-state index < -0.39 is 14.0 Å². The van der Waals surface area contributed by atoms with Gasteiger partial charge >= 0.3 is 0 Å². The van der Waals surface area contributed by atoms with Gasteiger partial charge in [0, 0.05) is 105 Å². The molecule has 0 fully saturated rings. The molecule has 0 saturated heterocycles. The summed E-state index contributed by atoms with van der Waals surface area (Å²) in [5, 5.41) is 0. The van der Waals surface area contributed by atoms with E-state index in [1.807, 2.05) is 70.2 Å². The number of hydrogen-bond acceptors (Lipinski definition) is 6. The molecule has 8 aromatic carbocycles. The quantitative estimate of drug-likeness (QED) is 0.0536. The second-order valence-corrected chi connectivity index (χ2v) is 37.5. The molecule has 0 aliphatic rings. The Labute approximate surface area is 693 Å². The minimum atomic E-state index is -2.13. The van der Waals surface area contributed by atoms with Crippen LogP contribution in [0.15, 0.2) is 194 Å². The van der Waals surface area contributed by atoms with Gasteiger partial charge in [0.05, 0.1) is 6.10 Å². The molecule has 0 radical (unpaired) electrons. The molecule has 0 amide bonds. The van der Waals surface area contributed by atoms with Crippen LogP contribution >= 0.6 is 0 Å². The van der Waals surface area contributed by atoms with Crippen LogP contribution in [0.5, 0.6) is 5.75 Å². The molecule has 0 aromatic heterocycles. The summed E-state index contributed by atoms with van der Waals surface area (Å²) in [5.74, 6) is 4.33. The highest BCUT2D eigenvalue weighted by Gasteiger charge is 2.34. The molecular weight excluding hydrogens is 1350 g/mol. The van der Waals surface area contributed by atoms with Crippen molar-refractivity contribution in [2.45, 2.75) is 319 Å². The van der Waals surface area contributed by atoms with Crippen LogP contribution in [0.25, 0.3) is 0 Å². The van der Waals surface area contributed by atoms with Gasteiger partial charge in [0.2, 0.25) is 0 Å². The summed E-state index contributed by atoms with van der Waals surface area (Å²) in [6.45, 7) is 75.1. The second-order valence-electron chi connectivity index (χ2n) is 37.5. The monoisotopic (exact) mass is 1520 g/mol. The lowest BCUT2D eigenvalue weighted by molar-refractivity contribution is 0.231. The third kappa shape index (κ3) is 26.8. The Hall–Kier alpha value is -7.44. The Morgan fingerprint density at radius 2 is 0.586 bits per heavy atom. The highest BCUT2D eigenvalue weighted by atomic mass is 16.5. The van der Waals surface area contributed by atoms with Crippen LogP contribution in [0.4, 0.5) is 39.8 Å². The summed E-state index contributed by atoms with van der Waals surface area (Å²) in [6.07, 6.45) is 1.34. The molecule has 0 N–H and O–H groups in total. The SMILES string of the molecule is CC(C)N(C)c1ccccc1C(C)(C)C(C)C.CC(C)N(c1ccccc1)c1ccccc1C(C)(C)C(C)C.CC(C)Oc1ccccc1C(C)(C)C(C)C.Cc1cccc(C)c1N(c1ccccc1CC(C)C)C(C)C.[2H]C([2H])([2H])N(c1ccccc1C(C)(C)C(C)C)C(C)C.[2H]C([2H])([2H])N(c1ccccc1C(C)(C)C(C)C)C(C)C. The highest BCUT2D eigenvalue weighted by Crippen LogP contribution is 2.45. The predicted molar refractivity (Wildman–Crippen MR) is 500 cm³/mol. The molecule has 0 saturated carbocycles. The van der Waals surface area contributed by atoms with E-state index in [0.29, 0.717) is 53.6 Å². The zero-order valence-corrected chi connectivity index (χ0v) is 77.3. The van der Waals surface area contributed by atoms with E-state index in [4.69, 9.17) is 13.0 Å². The molecule has 0 aliphatic carbocycles. The van der Waals surface area contributed by atoms with E-state index >= 15 is 0 Å². The maximum Gasteiger partial charge on any atom is 0.123 e. The molecule has 6 nitrogen and oxygen atoms in total. The number of benzene rings is 8. The van der Waals surface area contributed by atoms with Gasteiger partial charge in [-0.15, -0.1) is 0 Å². The average molecular weight is 1520 g/mol. The van der Waals surface area contributed by atoms with E-state index in [1.165, 1.54) is 61.8 Å². The topological polar surface area (TPSA) is 25.4 Å². The summed E-state index contributed by atoms with van der Waals surface area (Å²) in [7, 11) is 2.18. The van der Waals surface area contributed by atoms with Crippen molar-refractivity contribution < 1.29 is 13.0 Å². The van der Waals surface area contributed by atoms with Crippen LogP contribution < -0.4 is 29.2 Å². The Bertz CT molecular complexity index is 4100. The van der Waals surface area contributed by atoms with E-state index in [2.05, 4.69) is 395 Å². The Balaban J connectivity index is 0.000000364. The average Bonchev–Trinajstić information content (AvgIpc) is 0.789. The lowest BCUT2D eigenvalue weighted by Crippen LogP contribution is -2.31. The molecule has 0 heterocycles. The number of para-hydroxylation sites is 8. The number of hydrogen-bond donors (Lipinski definition) is 0. The van der Waals surface area contributed by atoms with Crippen molar-refractivity contribution in [2.75, 3.05) is 45.5 Å². The van der Waals surface area contributed by atoms with E-state index in [9.17, 15) is 0 Å². The molecule has 0 bridgehead atoms. The van der Waals surface area contributed by atoms with Crippen molar-refractivity contribution in [3.8, 4) is 5.75 Å². The Morgan fingerprint density at radius 1 is 0.297 bits per heavy atom. The first kappa shape index (κ1) is 87.5. The van der Waals surface area contributed by atoms with Crippen LogP contribution in [0.3, 0.4) is 0 Å². The Kier molecular flexibility index (Phi) is 34.5.